The van der Waals surface area contributed by atoms with Gasteiger partial charge >= 0.3 is 0 Å². The molecule has 0 unspecified atom stereocenters. The molecule has 0 saturated heterocycles. The van der Waals surface area contributed by atoms with Crippen LogP contribution in [0.15, 0.2) is 53.5 Å². The number of non-ortho nitro benzene ring substituents is 1. The number of rotatable bonds is 4. The number of hydrogen-bond acceptors (Lipinski definition) is 5. The van der Waals surface area contributed by atoms with Crippen molar-refractivity contribution >= 4 is 40.1 Å². The summed E-state index contributed by atoms with van der Waals surface area (Å²) in [7, 11) is 0. The SMILES string of the molecule is O=C(c1ccccc1Cl)N(C1=N[C@H](c2ccc([N+](=O)[O-])cc2)CS1)C1CCCCC1. The Morgan fingerprint density at radius 3 is 2.47 bits per heavy atom. The van der Waals surface area contributed by atoms with Crippen LogP contribution in [-0.4, -0.2) is 32.7 Å². The predicted molar refractivity (Wildman–Crippen MR) is 120 cm³/mol. The maximum absolute atomic E-state index is 13.5. The van der Waals surface area contributed by atoms with Crippen molar-refractivity contribution in [2.45, 2.75) is 44.2 Å². The Kier molecular flexibility index (Phi) is 6.39. The first kappa shape index (κ1) is 20.9. The Bertz CT molecular complexity index is 974. The van der Waals surface area contributed by atoms with Crippen molar-refractivity contribution in [3.05, 3.63) is 74.8 Å². The maximum Gasteiger partial charge on any atom is 0.269 e. The number of carbonyl (C=O) groups excluding carboxylic acids is 1. The molecule has 1 heterocycles. The highest BCUT2D eigenvalue weighted by Gasteiger charge is 2.34. The third-order valence-corrected chi connectivity index (χ3v) is 6.97. The molecule has 0 radical (unpaired) electrons. The summed E-state index contributed by atoms with van der Waals surface area (Å²) in [6.45, 7) is 0. The van der Waals surface area contributed by atoms with Gasteiger partial charge in [0.2, 0.25) is 0 Å². The van der Waals surface area contributed by atoms with E-state index in [0.717, 1.165) is 36.4 Å². The second-order valence-electron chi connectivity index (χ2n) is 7.53. The van der Waals surface area contributed by atoms with Gasteiger partial charge in [-0.05, 0) is 30.5 Å². The van der Waals surface area contributed by atoms with Gasteiger partial charge in [-0.15, -0.1) is 0 Å². The number of benzene rings is 2. The first-order chi connectivity index (χ1) is 14.5. The van der Waals surface area contributed by atoms with Gasteiger partial charge in [-0.2, -0.15) is 0 Å². The normalized spacial score (nSPS) is 19.4. The van der Waals surface area contributed by atoms with E-state index >= 15 is 0 Å². The standard InChI is InChI=1S/C22H22ClN3O3S/c23-19-9-5-4-8-18(19)21(27)25(16-6-2-1-3-7-16)22-24-20(14-30-22)15-10-12-17(13-11-15)26(28)29/h4-5,8-13,16,20H,1-3,6-7,14H2/t20-/m0/s1. The zero-order chi connectivity index (χ0) is 21.1. The average Bonchev–Trinajstić information content (AvgIpc) is 3.24. The van der Waals surface area contributed by atoms with Crippen molar-refractivity contribution in [2.24, 2.45) is 4.99 Å². The van der Waals surface area contributed by atoms with Gasteiger partial charge in [-0.1, -0.05) is 66.9 Å². The van der Waals surface area contributed by atoms with Crippen molar-refractivity contribution in [3.63, 3.8) is 0 Å². The van der Waals surface area contributed by atoms with Gasteiger partial charge in [0.05, 0.1) is 21.6 Å². The number of amidine groups is 1. The minimum absolute atomic E-state index is 0.0614. The molecule has 1 aliphatic heterocycles. The molecule has 0 aromatic heterocycles. The van der Waals surface area contributed by atoms with Gasteiger partial charge < -0.3 is 0 Å². The molecule has 2 aromatic carbocycles. The zero-order valence-corrected chi connectivity index (χ0v) is 17.9. The molecule has 1 amide bonds. The van der Waals surface area contributed by atoms with Crippen LogP contribution < -0.4 is 0 Å². The molecule has 8 heteroatoms. The van der Waals surface area contributed by atoms with Gasteiger partial charge in [-0.25, -0.2) is 0 Å². The van der Waals surface area contributed by atoms with Crippen molar-refractivity contribution in [1.29, 1.82) is 0 Å². The van der Waals surface area contributed by atoms with Crippen LogP contribution in [-0.2, 0) is 0 Å². The number of carbonyl (C=O) groups is 1. The van der Waals surface area contributed by atoms with Crippen LogP contribution in [0.3, 0.4) is 0 Å². The highest BCUT2D eigenvalue weighted by atomic mass is 35.5. The van der Waals surface area contributed by atoms with Crippen molar-refractivity contribution < 1.29 is 9.72 Å². The fourth-order valence-electron chi connectivity index (χ4n) is 3.99. The molecule has 6 nitrogen and oxygen atoms in total. The number of nitro groups is 1. The van der Waals surface area contributed by atoms with Crippen LogP contribution in [0.4, 0.5) is 5.69 Å². The summed E-state index contributed by atoms with van der Waals surface area (Å²) in [6, 6.07) is 13.6. The molecule has 156 valence electrons. The molecule has 1 saturated carbocycles. The minimum Gasteiger partial charge on any atom is -0.284 e. The van der Waals surface area contributed by atoms with Gasteiger partial charge in [0.25, 0.3) is 11.6 Å². The van der Waals surface area contributed by atoms with Crippen LogP contribution >= 0.6 is 23.4 Å². The first-order valence-corrected chi connectivity index (χ1v) is 11.4. The lowest BCUT2D eigenvalue weighted by molar-refractivity contribution is -0.384. The Balaban J connectivity index is 1.63. The molecule has 0 spiro atoms. The van der Waals surface area contributed by atoms with E-state index in [9.17, 15) is 14.9 Å². The van der Waals surface area contributed by atoms with E-state index < -0.39 is 4.92 Å². The summed E-state index contributed by atoms with van der Waals surface area (Å²) >= 11 is 7.89. The minimum atomic E-state index is -0.408. The number of halogens is 1. The van der Waals surface area contributed by atoms with Crippen LogP contribution in [0.1, 0.15) is 54.1 Å². The fraction of sp³-hybridized carbons (Fsp3) is 0.364. The lowest BCUT2D eigenvalue weighted by atomic mass is 9.94. The topological polar surface area (TPSA) is 75.8 Å². The van der Waals surface area contributed by atoms with Crippen molar-refractivity contribution in [1.82, 2.24) is 4.90 Å². The molecule has 30 heavy (non-hydrogen) atoms. The number of hydrogen-bond donors (Lipinski definition) is 0. The molecule has 1 atom stereocenters. The Morgan fingerprint density at radius 1 is 1.10 bits per heavy atom. The number of aliphatic imine (C=N–C) groups is 1. The summed E-state index contributed by atoms with van der Waals surface area (Å²) in [6.07, 6.45) is 5.30. The van der Waals surface area contributed by atoms with E-state index in [-0.39, 0.29) is 23.7 Å². The average molecular weight is 444 g/mol. The molecular formula is C22H22ClN3O3S. The zero-order valence-electron chi connectivity index (χ0n) is 16.4. The highest BCUT2D eigenvalue weighted by Crippen LogP contribution is 2.36. The summed E-state index contributed by atoms with van der Waals surface area (Å²) < 4.78 is 0. The first-order valence-electron chi connectivity index (χ1n) is 10.1. The van der Waals surface area contributed by atoms with E-state index in [2.05, 4.69) is 0 Å². The summed E-state index contributed by atoms with van der Waals surface area (Å²) in [5.41, 5.74) is 1.47. The van der Waals surface area contributed by atoms with Gasteiger partial charge in [0.1, 0.15) is 0 Å². The molecule has 1 aliphatic carbocycles. The quantitative estimate of drug-likeness (QED) is 0.437. The van der Waals surface area contributed by atoms with E-state index in [1.54, 1.807) is 36.0 Å². The monoisotopic (exact) mass is 443 g/mol. The van der Waals surface area contributed by atoms with E-state index in [1.807, 2.05) is 17.0 Å². The molecule has 4 rings (SSSR count). The highest BCUT2D eigenvalue weighted by molar-refractivity contribution is 8.14. The Hall–Kier alpha value is -2.38. The van der Waals surface area contributed by atoms with E-state index in [4.69, 9.17) is 16.6 Å². The summed E-state index contributed by atoms with van der Waals surface area (Å²) in [5, 5.41) is 12.1. The van der Waals surface area contributed by atoms with Crippen LogP contribution in [0.5, 0.6) is 0 Å². The lowest BCUT2D eigenvalue weighted by Crippen LogP contribution is -2.44. The van der Waals surface area contributed by atoms with Gasteiger partial charge in [0, 0.05) is 23.9 Å². The van der Waals surface area contributed by atoms with Crippen LogP contribution in [0.2, 0.25) is 5.02 Å². The summed E-state index contributed by atoms with van der Waals surface area (Å²) in [4.78, 5) is 30.7. The molecule has 0 N–H and O–H groups in total. The third-order valence-electron chi connectivity index (χ3n) is 5.59. The van der Waals surface area contributed by atoms with Crippen LogP contribution in [0, 0.1) is 10.1 Å². The van der Waals surface area contributed by atoms with Crippen LogP contribution in [0.25, 0.3) is 0 Å². The molecule has 0 bridgehead atoms. The smallest absolute Gasteiger partial charge is 0.269 e. The van der Waals surface area contributed by atoms with Crippen molar-refractivity contribution in [3.8, 4) is 0 Å². The maximum atomic E-state index is 13.5. The number of nitro benzene ring substituents is 1. The fourth-order valence-corrected chi connectivity index (χ4v) is 5.36. The molecule has 2 aromatic rings. The van der Waals surface area contributed by atoms with E-state index in [1.165, 1.54) is 18.6 Å². The predicted octanol–water partition coefficient (Wildman–Crippen LogP) is 5.87. The van der Waals surface area contributed by atoms with Gasteiger partial charge in [-0.3, -0.25) is 24.8 Å². The Morgan fingerprint density at radius 2 is 1.80 bits per heavy atom. The number of amides is 1. The third kappa shape index (κ3) is 4.37. The number of thioether (sulfide) groups is 1. The second-order valence-corrected chi connectivity index (χ2v) is 8.93. The number of nitrogens with zero attached hydrogens (tertiary/aromatic N) is 3. The van der Waals surface area contributed by atoms with Crippen molar-refractivity contribution in [2.75, 3.05) is 5.75 Å². The molecular weight excluding hydrogens is 422 g/mol. The van der Waals surface area contributed by atoms with E-state index in [0.29, 0.717) is 16.3 Å². The second kappa shape index (κ2) is 9.18. The largest absolute Gasteiger partial charge is 0.284 e. The molecule has 1 fully saturated rings. The van der Waals surface area contributed by atoms with Gasteiger partial charge in [0.15, 0.2) is 5.17 Å². The molecule has 2 aliphatic rings. The summed E-state index contributed by atoms with van der Waals surface area (Å²) in [5.74, 6) is 0.592. The lowest BCUT2D eigenvalue weighted by Gasteiger charge is -2.34. The Labute approximate surface area is 184 Å².